The highest BCUT2D eigenvalue weighted by Gasteiger charge is 2.45. The molecule has 4 amide bonds. The molecule has 0 aliphatic carbocycles. The van der Waals surface area contributed by atoms with Crippen LogP contribution in [0.5, 0.6) is 0 Å². The van der Waals surface area contributed by atoms with Crippen molar-refractivity contribution in [2.24, 2.45) is 0 Å². The molecular weight excluding hydrogens is 348 g/mol. The van der Waals surface area contributed by atoms with Crippen LogP contribution in [0.15, 0.2) is 18.2 Å². The first-order chi connectivity index (χ1) is 13.0. The van der Waals surface area contributed by atoms with Crippen LogP contribution in [0.2, 0.25) is 0 Å². The Balaban J connectivity index is 1.72. The van der Waals surface area contributed by atoms with Gasteiger partial charge in [0.15, 0.2) is 0 Å². The molecule has 2 aliphatic rings. The van der Waals surface area contributed by atoms with Crippen LogP contribution >= 0.6 is 0 Å². The smallest absolute Gasteiger partial charge is 0.264 e. The summed E-state index contributed by atoms with van der Waals surface area (Å²) in [6.45, 7) is 1.66. The first kappa shape index (κ1) is 19.0. The maximum Gasteiger partial charge on any atom is 0.264 e. The molecule has 0 saturated carbocycles. The average Bonchev–Trinajstić information content (AvgIpc) is 2.90. The molecule has 8 heteroatoms. The summed E-state index contributed by atoms with van der Waals surface area (Å²) in [7, 11) is 1.92. The standard InChI is InChI=1S/C19H24N4O4/c1-20-10-3-2-4-11-21-13-7-5-6-12-16(13)19(27)23(18(12)26)14-8-9-15(24)22-17(14)25/h5-7,14,20-21H,2-4,8-11H2,1H3,(H,22,24,25). The van der Waals surface area contributed by atoms with Crippen LogP contribution in [-0.4, -0.2) is 54.7 Å². The Labute approximate surface area is 157 Å². The molecule has 1 fully saturated rings. The SMILES string of the molecule is CNCCCCCNc1cccc2c1C(=O)N(C1CCC(=O)NC1=O)C2=O. The zero-order valence-corrected chi connectivity index (χ0v) is 15.3. The molecule has 1 unspecified atom stereocenters. The predicted molar refractivity (Wildman–Crippen MR) is 99.4 cm³/mol. The van der Waals surface area contributed by atoms with Crippen molar-refractivity contribution in [2.75, 3.05) is 25.5 Å². The number of rotatable bonds is 8. The predicted octanol–water partition coefficient (Wildman–Crippen LogP) is 0.889. The van der Waals surface area contributed by atoms with Crippen LogP contribution in [-0.2, 0) is 9.59 Å². The average molecular weight is 372 g/mol. The molecule has 2 aliphatic heterocycles. The van der Waals surface area contributed by atoms with Crippen molar-refractivity contribution in [2.45, 2.75) is 38.1 Å². The normalized spacial score (nSPS) is 19.3. The fraction of sp³-hybridized carbons (Fsp3) is 0.474. The van der Waals surface area contributed by atoms with Crippen LogP contribution in [0.3, 0.4) is 0 Å². The van der Waals surface area contributed by atoms with E-state index in [4.69, 9.17) is 0 Å². The van der Waals surface area contributed by atoms with Crippen molar-refractivity contribution in [3.63, 3.8) is 0 Å². The third-order valence-corrected chi connectivity index (χ3v) is 4.89. The number of benzene rings is 1. The number of carbonyl (C=O) groups is 4. The van der Waals surface area contributed by atoms with Crippen molar-refractivity contribution in [3.05, 3.63) is 29.3 Å². The Morgan fingerprint density at radius 2 is 1.85 bits per heavy atom. The van der Waals surface area contributed by atoms with E-state index in [-0.39, 0.29) is 18.7 Å². The van der Waals surface area contributed by atoms with Gasteiger partial charge in [0.2, 0.25) is 11.8 Å². The highest BCUT2D eigenvalue weighted by atomic mass is 16.2. The molecule has 1 atom stereocenters. The minimum Gasteiger partial charge on any atom is -0.384 e. The number of hydrogen-bond acceptors (Lipinski definition) is 6. The molecule has 0 aromatic heterocycles. The molecule has 1 saturated heterocycles. The molecule has 2 heterocycles. The van der Waals surface area contributed by atoms with Crippen molar-refractivity contribution < 1.29 is 19.2 Å². The van der Waals surface area contributed by atoms with Crippen molar-refractivity contribution >= 4 is 29.3 Å². The van der Waals surface area contributed by atoms with Gasteiger partial charge in [-0.15, -0.1) is 0 Å². The second-order valence-electron chi connectivity index (χ2n) is 6.77. The van der Waals surface area contributed by atoms with E-state index in [0.29, 0.717) is 23.4 Å². The summed E-state index contributed by atoms with van der Waals surface area (Å²) in [6, 6.07) is 4.15. The van der Waals surface area contributed by atoms with Gasteiger partial charge in [-0.05, 0) is 45.0 Å². The minimum absolute atomic E-state index is 0.113. The molecule has 144 valence electrons. The second kappa shape index (κ2) is 8.30. The molecule has 1 aromatic carbocycles. The lowest BCUT2D eigenvalue weighted by atomic mass is 10.0. The number of nitrogens with one attached hydrogen (secondary N) is 3. The second-order valence-corrected chi connectivity index (χ2v) is 6.77. The van der Waals surface area contributed by atoms with E-state index in [0.717, 1.165) is 30.7 Å². The zero-order chi connectivity index (χ0) is 19.4. The van der Waals surface area contributed by atoms with Gasteiger partial charge in [0.05, 0.1) is 11.1 Å². The molecule has 27 heavy (non-hydrogen) atoms. The van der Waals surface area contributed by atoms with E-state index in [1.807, 2.05) is 7.05 Å². The van der Waals surface area contributed by atoms with E-state index < -0.39 is 23.8 Å². The number of anilines is 1. The number of carbonyl (C=O) groups excluding carboxylic acids is 4. The number of piperidine rings is 1. The largest absolute Gasteiger partial charge is 0.384 e. The lowest BCUT2D eigenvalue weighted by molar-refractivity contribution is -0.136. The topological polar surface area (TPSA) is 108 Å². The Morgan fingerprint density at radius 3 is 2.59 bits per heavy atom. The number of imide groups is 2. The Hall–Kier alpha value is -2.74. The lowest BCUT2D eigenvalue weighted by Crippen LogP contribution is -2.54. The molecule has 0 bridgehead atoms. The van der Waals surface area contributed by atoms with Crippen molar-refractivity contribution in [1.82, 2.24) is 15.5 Å². The van der Waals surface area contributed by atoms with Gasteiger partial charge in [-0.25, -0.2) is 0 Å². The summed E-state index contributed by atoms with van der Waals surface area (Å²) < 4.78 is 0. The van der Waals surface area contributed by atoms with E-state index in [2.05, 4.69) is 16.0 Å². The van der Waals surface area contributed by atoms with Crippen LogP contribution in [0.4, 0.5) is 5.69 Å². The fourth-order valence-corrected chi connectivity index (χ4v) is 3.49. The van der Waals surface area contributed by atoms with Gasteiger partial charge >= 0.3 is 0 Å². The third kappa shape index (κ3) is 3.85. The Morgan fingerprint density at radius 1 is 1.07 bits per heavy atom. The molecule has 8 nitrogen and oxygen atoms in total. The van der Waals surface area contributed by atoms with Crippen molar-refractivity contribution in [3.8, 4) is 0 Å². The van der Waals surface area contributed by atoms with E-state index in [1.54, 1.807) is 18.2 Å². The Bertz CT molecular complexity index is 777. The van der Waals surface area contributed by atoms with Gasteiger partial charge in [0, 0.05) is 18.7 Å². The first-order valence-corrected chi connectivity index (χ1v) is 9.27. The summed E-state index contributed by atoms with van der Waals surface area (Å²) >= 11 is 0. The highest BCUT2D eigenvalue weighted by molar-refractivity contribution is 6.25. The molecule has 1 aromatic rings. The highest BCUT2D eigenvalue weighted by Crippen LogP contribution is 2.32. The van der Waals surface area contributed by atoms with E-state index in [1.165, 1.54) is 0 Å². The number of fused-ring (bicyclic) bond motifs is 1. The van der Waals surface area contributed by atoms with Crippen LogP contribution in [0, 0.1) is 0 Å². The summed E-state index contributed by atoms with van der Waals surface area (Å²) in [4.78, 5) is 50.1. The fourth-order valence-electron chi connectivity index (χ4n) is 3.49. The number of unbranched alkanes of at least 4 members (excludes halogenated alkanes) is 2. The van der Waals surface area contributed by atoms with Gasteiger partial charge in [0.1, 0.15) is 6.04 Å². The number of hydrogen-bond donors (Lipinski definition) is 3. The molecule has 0 spiro atoms. The number of amides is 4. The van der Waals surface area contributed by atoms with Gasteiger partial charge in [-0.3, -0.25) is 29.4 Å². The van der Waals surface area contributed by atoms with Gasteiger partial charge in [-0.1, -0.05) is 12.5 Å². The van der Waals surface area contributed by atoms with Gasteiger partial charge in [0.25, 0.3) is 11.8 Å². The maximum atomic E-state index is 12.9. The summed E-state index contributed by atoms with van der Waals surface area (Å²) in [5, 5.41) is 8.54. The molecular formula is C19H24N4O4. The molecule has 3 rings (SSSR count). The minimum atomic E-state index is -0.940. The van der Waals surface area contributed by atoms with Crippen LogP contribution in [0.25, 0.3) is 0 Å². The van der Waals surface area contributed by atoms with E-state index in [9.17, 15) is 19.2 Å². The molecule has 3 N–H and O–H groups in total. The quantitative estimate of drug-likeness (QED) is 0.462. The third-order valence-electron chi connectivity index (χ3n) is 4.89. The summed E-state index contributed by atoms with van der Waals surface area (Å²) in [5.41, 5.74) is 1.21. The van der Waals surface area contributed by atoms with Crippen LogP contribution in [0.1, 0.15) is 52.8 Å². The summed E-state index contributed by atoms with van der Waals surface area (Å²) in [6.07, 6.45) is 3.35. The maximum absolute atomic E-state index is 12.9. The Kier molecular flexibility index (Phi) is 5.85. The van der Waals surface area contributed by atoms with Crippen LogP contribution < -0.4 is 16.0 Å². The van der Waals surface area contributed by atoms with Crippen molar-refractivity contribution in [1.29, 1.82) is 0 Å². The van der Waals surface area contributed by atoms with Gasteiger partial charge in [-0.2, -0.15) is 0 Å². The monoisotopic (exact) mass is 372 g/mol. The number of nitrogens with zero attached hydrogens (tertiary/aromatic N) is 1. The summed E-state index contributed by atoms with van der Waals surface area (Å²) in [5.74, 6) is -1.95. The zero-order valence-electron chi connectivity index (χ0n) is 15.3. The lowest BCUT2D eigenvalue weighted by Gasteiger charge is -2.27. The van der Waals surface area contributed by atoms with Gasteiger partial charge < -0.3 is 10.6 Å². The molecule has 0 radical (unpaired) electrons. The van der Waals surface area contributed by atoms with E-state index >= 15 is 0 Å². The first-order valence-electron chi connectivity index (χ1n) is 9.27.